The van der Waals surface area contributed by atoms with E-state index in [1.54, 1.807) is 11.3 Å². The zero-order chi connectivity index (χ0) is 16.5. The van der Waals surface area contributed by atoms with Gasteiger partial charge < -0.3 is 4.57 Å². The molecule has 4 rings (SSSR count). The Kier molecular flexibility index (Phi) is 3.68. The van der Waals surface area contributed by atoms with Crippen LogP contribution in [0.2, 0.25) is 0 Å². The maximum atomic E-state index is 9.47. The van der Waals surface area contributed by atoms with E-state index in [2.05, 4.69) is 60.0 Å². The molecule has 0 N–H and O–H groups in total. The first-order valence-corrected chi connectivity index (χ1v) is 8.86. The third kappa shape index (κ3) is 2.33. The lowest BCUT2D eigenvalue weighted by atomic mass is 10.1. The van der Waals surface area contributed by atoms with E-state index >= 15 is 0 Å². The average molecular weight is 328 g/mol. The van der Waals surface area contributed by atoms with Crippen molar-refractivity contribution < 1.29 is 0 Å². The Morgan fingerprint density at radius 1 is 1.08 bits per heavy atom. The lowest BCUT2D eigenvalue weighted by Crippen LogP contribution is -1.92. The molecule has 0 unspecified atom stereocenters. The molecule has 2 heterocycles. The lowest BCUT2D eigenvalue weighted by Gasteiger charge is -2.03. The van der Waals surface area contributed by atoms with Gasteiger partial charge in [-0.3, -0.25) is 0 Å². The number of aromatic nitrogens is 1. The predicted octanol–water partition coefficient (Wildman–Crippen LogP) is 5.94. The SMILES string of the molecule is CCn1c2ccccc2c2cc(/C=C(\C#N)c3cccs3)ccc21. The van der Waals surface area contributed by atoms with Crippen molar-refractivity contribution in [3.05, 3.63) is 70.4 Å². The van der Waals surface area contributed by atoms with Crippen molar-refractivity contribution in [2.75, 3.05) is 0 Å². The highest BCUT2D eigenvalue weighted by atomic mass is 32.1. The quantitative estimate of drug-likeness (QED) is 0.428. The Hall–Kier alpha value is -2.83. The number of thiophene rings is 1. The predicted molar refractivity (Wildman–Crippen MR) is 103 cm³/mol. The van der Waals surface area contributed by atoms with E-state index < -0.39 is 0 Å². The summed E-state index contributed by atoms with van der Waals surface area (Å²) in [5.74, 6) is 0. The molecule has 0 spiro atoms. The maximum absolute atomic E-state index is 9.47. The number of hydrogen-bond donors (Lipinski definition) is 0. The van der Waals surface area contributed by atoms with Gasteiger partial charge in [0.25, 0.3) is 0 Å². The number of aryl methyl sites for hydroxylation is 1. The molecular formula is C21H16N2S. The second-order valence-corrected chi connectivity index (χ2v) is 6.63. The zero-order valence-electron chi connectivity index (χ0n) is 13.4. The van der Waals surface area contributed by atoms with Gasteiger partial charge in [0.15, 0.2) is 0 Å². The van der Waals surface area contributed by atoms with Gasteiger partial charge in [-0.05, 0) is 48.2 Å². The van der Waals surface area contributed by atoms with Gasteiger partial charge in [0.2, 0.25) is 0 Å². The van der Waals surface area contributed by atoms with Crippen LogP contribution in [0.4, 0.5) is 0 Å². The normalized spacial score (nSPS) is 11.9. The summed E-state index contributed by atoms with van der Waals surface area (Å²) in [6.45, 7) is 3.11. The van der Waals surface area contributed by atoms with Crippen LogP contribution in [0.25, 0.3) is 33.5 Å². The van der Waals surface area contributed by atoms with Crippen molar-refractivity contribution in [1.29, 1.82) is 5.26 Å². The van der Waals surface area contributed by atoms with Crippen LogP contribution in [0.5, 0.6) is 0 Å². The molecule has 0 amide bonds. The Bertz CT molecular complexity index is 1090. The Morgan fingerprint density at radius 2 is 1.92 bits per heavy atom. The summed E-state index contributed by atoms with van der Waals surface area (Å²) in [4.78, 5) is 1.01. The number of rotatable bonds is 3. The fourth-order valence-corrected chi connectivity index (χ4v) is 3.95. The topological polar surface area (TPSA) is 28.7 Å². The first-order valence-electron chi connectivity index (χ1n) is 7.98. The van der Waals surface area contributed by atoms with Crippen molar-refractivity contribution >= 4 is 44.8 Å². The van der Waals surface area contributed by atoms with Crippen molar-refractivity contribution in [1.82, 2.24) is 4.57 Å². The molecule has 0 aliphatic heterocycles. The number of para-hydroxylation sites is 1. The number of nitriles is 1. The molecule has 116 valence electrons. The highest BCUT2D eigenvalue weighted by molar-refractivity contribution is 7.11. The summed E-state index contributed by atoms with van der Waals surface area (Å²) in [7, 11) is 0. The summed E-state index contributed by atoms with van der Waals surface area (Å²) < 4.78 is 2.34. The van der Waals surface area contributed by atoms with E-state index in [-0.39, 0.29) is 0 Å². The third-order valence-corrected chi connectivity index (χ3v) is 5.23. The van der Waals surface area contributed by atoms with Crippen molar-refractivity contribution in [2.24, 2.45) is 0 Å². The first-order chi connectivity index (χ1) is 11.8. The van der Waals surface area contributed by atoms with Crippen LogP contribution in [0.15, 0.2) is 60.0 Å². The minimum Gasteiger partial charge on any atom is -0.341 e. The molecule has 0 saturated carbocycles. The van der Waals surface area contributed by atoms with Gasteiger partial charge >= 0.3 is 0 Å². The van der Waals surface area contributed by atoms with E-state index in [9.17, 15) is 5.26 Å². The summed E-state index contributed by atoms with van der Waals surface area (Å²) in [5.41, 5.74) is 4.27. The molecule has 0 aliphatic carbocycles. The summed E-state index contributed by atoms with van der Waals surface area (Å²) in [6.07, 6.45) is 1.98. The van der Waals surface area contributed by atoms with Crippen molar-refractivity contribution in [3.8, 4) is 6.07 Å². The Morgan fingerprint density at radius 3 is 2.67 bits per heavy atom. The van der Waals surface area contributed by atoms with E-state index in [0.29, 0.717) is 5.57 Å². The van der Waals surface area contributed by atoms with E-state index in [0.717, 1.165) is 17.0 Å². The van der Waals surface area contributed by atoms with Gasteiger partial charge in [0.05, 0.1) is 5.57 Å². The van der Waals surface area contributed by atoms with Gasteiger partial charge in [-0.2, -0.15) is 5.26 Å². The first kappa shape index (κ1) is 14.7. The average Bonchev–Trinajstić information content (AvgIpc) is 3.25. The van der Waals surface area contributed by atoms with Gasteiger partial charge in [-0.1, -0.05) is 30.3 Å². The number of nitrogens with zero attached hydrogens (tertiary/aromatic N) is 2. The second kappa shape index (κ2) is 5.99. The third-order valence-electron chi connectivity index (χ3n) is 4.33. The molecule has 0 atom stereocenters. The standard InChI is InChI=1S/C21H16N2S/c1-2-23-19-7-4-3-6-17(19)18-13-15(9-10-20(18)23)12-16(14-22)21-8-5-11-24-21/h3-13H,2H2,1H3/b16-12+. The van der Waals surface area contributed by atoms with Crippen molar-refractivity contribution in [2.45, 2.75) is 13.5 Å². The summed E-state index contributed by atoms with van der Waals surface area (Å²) in [6, 6.07) is 21.2. The van der Waals surface area contributed by atoms with Crippen LogP contribution in [-0.4, -0.2) is 4.57 Å². The van der Waals surface area contributed by atoms with Crippen LogP contribution in [0.1, 0.15) is 17.4 Å². The highest BCUT2D eigenvalue weighted by Crippen LogP contribution is 2.31. The fourth-order valence-electron chi connectivity index (χ4n) is 3.26. The molecule has 2 aromatic heterocycles. The van der Waals surface area contributed by atoms with Crippen molar-refractivity contribution in [3.63, 3.8) is 0 Å². The van der Waals surface area contributed by atoms with Gasteiger partial charge in [-0.15, -0.1) is 11.3 Å². The molecule has 3 heteroatoms. The van der Waals surface area contributed by atoms with Gasteiger partial charge in [0.1, 0.15) is 6.07 Å². The van der Waals surface area contributed by atoms with Gasteiger partial charge in [0, 0.05) is 33.2 Å². The van der Waals surface area contributed by atoms with Crippen LogP contribution in [0.3, 0.4) is 0 Å². The maximum Gasteiger partial charge on any atom is 0.101 e. The Balaban J connectivity index is 1.93. The van der Waals surface area contributed by atoms with Crippen LogP contribution in [0, 0.1) is 11.3 Å². The molecule has 0 aliphatic rings. The number of hydrogen-bond acceptors (Lipinski definition) is 2. The minimum atomic E-state index is 0.712. The van der Waals surface area contributed by atoms with Crippen LogP contribution in [-0.2, 0) is 6.54 Å². The molecule has 0 fully saturated rings. The largest absolute Gasteiger partial charge is 0.341 e. The van der Waals surface area contributed by atoms with Gasteiger partial charge in [-0.25, -0.2) is 0 Å². The summed E-state index contributed by atoms with van der Waals surface area (Å²) in [5, 5.41) is 14.0. The van der Waals surface area contributed by atoms with E-state index in [4.69, 9.17) is 0 Å². The molecule has 4 aromatic rings. The molecule has 0 bridgehead atoms. The molecule has 24 heavy (non-hydrogen) atoms. The Labute approximate surface area is 144 Å². The number of benzene rings is 2. The van der Waals surface area contributed by atoms with E-state index in [1.807, 2.05) is 23.6 Å². The smallest absolute Gasteiger partial charge is 0.101 e. The number of allylic oxidation sites excluding steroid dienone is 1. The van der Waals surface area contributed by atoms with Crippen LogP contribution >= 0.6 is 11.3 Å². The second-order valence-electron chi connectivity index (χ2n) is 5.69. The van der Waals surface area contributed by atoms with Crippen LogP contribution < -0.4 is 0 Å². The number of fused-ring (bicyclic) bond motifs is 3. The molecule has 2 aromatic carbocycles. The monoisotopic (exact) mass is 328 g/mol. The van der Waals surface area contributed by atoms with E-state index in [1.165, 1.54) is 21.8 Å². The lowest BCUT2D eigenvalue weighted by molar-refractivity contribution is 0.827. The summed E-state index contributed by atoms with van der Waals surface area (Å²) >= 11 is 1.59. The highest BCUT2D eigenvalue weighted by Gasteiger charge is 2.09. The zero-order valence-corrected chi connectivity index (χ0v) is 14.2. The molecule has 2 nitrogen and oxygen atoms in total. The molecule has 0 radical (unpaired) electrons. The molecule has 0 saturated heterocycles. The molecular weight excluding hydrogens is 312 g/mol. The fraction of sp³-hybridized carbons (Fsp3) is 0.0952. The minimum absolute atomic E-state index is 0.712.